The maximum Gasteiger partial charge on any atom is 0.150 e. The van der Waals surface area contributed by atoms with Gasteiger partial charge in [0.2, 0.25) is 0 Å². The van der Waals surface area contributed by atoms with Gasteiger partial charge in [-0.3, -0.25) is 14.8 Å². The summed E-state index contributed by atoms with van der Waals surface area (Å²) < 4.78 is 0. The minimum Gasteiger partial charge on any atom is -0.298 e. The van der Waals surface area contributed by atoms with Gasteiger partial charge in [-0.1, -0.05) is 6.07 Å². The lowest BCUT2D eigenvalue weighted by atomic mass is 10.1. The molecule has 2 aromatic rings. The first-order valence-corrected chi connectivity index (χ1v) is 4.64. The van der Waals surface area contributed by atoms with E-state index in [0.717, 1.165) is 23.2 Å². The van der Waals surface area contributed by atoms with Crippen LogP contribution in [0.2, 0.25) is 0 Å². The Bertz CT molecular complexity index is 494. The molecule has 2 rings (SSSR count). The normalized spacial score (nSPS) is 9.93. The number of aromatic nitrogens is 2. The van der Waals surface area contributed by atoms with E-state index in [9.17, 15) is 4.79 Å². The zero-order valence-electron chi connectivity index (χ0n) is 8.34. The number of carbonyl (C=O) groups is 1. The Morgan fingerprint density at radius 1 is 1.20 bits per heavy atom. The number of aldehydes is 1. The van der Waals surface area contributed by atoms with Gasteiger partial charge in [-0.05, 0) is 30.7 Å². The molecule has 0 aliphatic carbocycles. The van der Waals surface area contributed by atoms with Crippen LogP contribution in [0.15, 0.2) is 36.7 Å². The fraction of sp³-hybridized carbons (Fsp3) is 0.0833. The summed E-state index contributed by atoms with van der Waals surface area (Å²) in [5, 5.41) is 0. The molecule has 3 heteroatoms. The van der Waals surface area contributed by atoms with Crippen LogP contribution >= 0.6 is 0 Å². The van der Waals surface area contributed by atoms with Gasteiger partial charge in [0.05, 0.1) is 11.4 Å². The van der Waals surface area contributed by atoms with Gasteiger partial charge in [0, 0.05) is 18.0 Å². The molecule has 0 saturated carbocycles. The van der Waals surface area contributed by atoms with E-state index in [2.05, 4.69) is 9.97 Å². The van der Waals surface area contributed by atoms with Gasteiger partial charge in [0.1, 0.15) is 6.29 Å². The van der Waals surface area contributed by atoms with Crippen LogP contribution in [0.25, 0.3) is 11.4 Å². The summed E-state index contributed by atoms with van der Waals surface area (Å²) in [5.41, 5.74) is 3.22. The summed E-state index contributed by atoms with van der Waals surface area (Å²) in [6, 6.07) is 7.26. The van der Waals surface area contributed by atoms with Crippen LogP contribution < -0.4 is 0 Å². The largest absolute Gasteiger partial charge is 0.298 e. The number of pyridine rings is 2. The van der Waals surface area contributed by atoms with Crippen molar-refractivity contribution in [2.45, 2.75) is 6.92 Å². The number of aryl methyl sites for hydroxylation is 1. The van der Waals surface area contributed by atoms with E-state index in [0.29, 0.717) is 5.56 Å². The summed E-state index contributed by atoms with van der Waals surface area (Å²) in [4.78, 5) is 19.1. The molecule has 0 fully saturated rings. The lowest BCUT2D eigenvalue weighted by molar-refractivity contribution is 0.112. The average molecular weight is 198 g/mol. The highest BCUT2D eigenvalue weighted by atomic mass is 16.1. The Hall–Kier alpha value is -2.03. The quantitative estimate of drug-likeness (QED) is 0.695. The van der Waals surface area contributed by atoms with E-state index in [1.165, 1.54) is 0 Å². The highest BCUT2D eigenvalue weighted by Gasteiger charge is 2.04. The van der Waals surface area contributed by atoms with Gasteiger partial charge in [0.15, 0.2) is 0 Å². The van der Waals surface area contributed by atoms with E-state index in [1.807, 2.05) is 19.1 Å². The molecule has 0 amide bonds. The highest BCUT2D eigenvalue weighted by Crippen LogP contribution is 2.18. The number of nitrogens with zero attached hydrogens (tertiary/aromatic N) is 2. The van der Waals surface area contributed by atoms with E-state index in [1.54, 1.807) is 24.5 Å². The summed E-state index contributed by atoms with van der Waals surface area (Å²) in [6.45, 7) is 1.97. The molecule has 0 aliphatic heterocycles. The number of carbonyl (C=O) groups excluding carboxylic acids is 1. The first-order chi connectivity index (χ1) is 7.31. The van der Waals surface area contributed by atoms with Crippen LogP contribution in [0, 0.1) is 6.92 Å². The molecule has 0 N–H and O–H groups in total. The maximum absolute atomic E-state index is 10.6. The van der Waals surface area contributed by atoms with Crippen molar-refractivity contribution < 1.29 is 4.79 Å². The molecule has 0 unspecified atom stereocenters. The van der Waals surface area contributed by atoms with E-state index >= 15 is 0 Å². The molecule has 0 saturated heterocycles. The van der Waals surface area contributed by atoms with Crippen molar-refractivity contribution in [3.05, 3.63) is 47.8 Å². The zero-order chi connectivity index (χ0) is 10.7. The first kappa shape index (κ1) is 9.52. The summed E-state index contributed by atoms with van der Waals surface area (Å²) in [6.07, 6.45) is 4.15. The third-order valence-corrected chi connectivity index (χ3v) is 2.17. The molecule has 0 spiro atoms. The number of hydrogen-bond donors (Lipinski definition) is 0. The van der Waals surface area contributed by atoms with Crippen molar-refractivity contribution in [2.24, 2.45) is 0 Å². The average Bonchev–Trinajstić information content (AvgIpc) is 2.30. The Balaban J connectivity index is 2.54. The van der Waals surface area contributed by atoms with Crippen molar-refractivity contribution >= 4 is 6.29 Å². The zero-order valence-corrected chi connectivity index (χ0v) is 8.34. The van der Waals surface area contributed by atoms with Crippen molar-refractivity contribution in [3.8, 4) is 11.4 Å². The second-order valence-electron chi connectivity index (χ2n) is 3.26. The third kappa shape index (κ3) is 1.91. The van der Waals surface area contributed by atoms with Crippen LogP contribution in [0.4, 0.5) is 0 Å². The van der Waals surface area contributed by atoms with Gasteiger partial charge in [0.25, 0.3) is 0 Å². The fourth-order valence-electron chi connectivity index (χ4n) is 1.40. The van der Waals surface area contributed by atoms with Crippen LogP contribution in [0.5, 0.6) is 0 Å². The topological polar surface area (TPSA) is 42.9 Å². The molecule has 3 nitrogen and oxygen atoms in total. The number of rotatable bonds is 2. The second-order valence-corrected chi connectivity index (χ2v) is 3.26. The molecule has 2 aromatic heterocycles. The summed E-state index contributed by atoms with van der Waals surface area (Å²) in [7, 11) is 0. The van der Waals surface area contributed by atoms with Gasteiger partial charge >= 0.3 is 0 Å². The lowest BCUT2D eigenvalue weighted by Gasteiger charge is -2.03. The fourth-order valence-corrected chi connectivity index (χ4v) is 1.40. The van der Waals surface area contributed by atoms with Gasteiger partial charge < -0.3 is 0 Å². The van der Waals surface area contributed by atoms with Crippen molar-refractivity contribution in [1.29, 1.82) is 0 Å². The van der Waals surface area contributed by atoms with Crippen LogP contribution in [-0.2, 0) is 0 Å². The summed E-state index contributed by atoms with van der Waals surface area (Å²) in [5.74, 6) is 0. The predicted molar refractivity (Wildman–Crippen MR) is 57.6 cm³/mol. The highest BCUT2D eigenvalue weighted by molar-refractivity contribution is 5.77. The van der Waals surface area contributed by atoms with Gasteiger partial charge in [-0.15, -0.1) is 0 Å². The second kappa shape index (κ2) is 4.00. The van der Waals surface area contributed by atoms with Gasteiger partial charge in [-0.25, -0.2) is 0 Å². The van der Waals surface area contributed by atoms with Crippen molar-refractivity contribution in [2.75, 3.05) is 0 Å². The molecule has 0 bridgehead atoms. The lowest BCUT2D eigenvalue weighted by Crippen LogP contribution is -1.91. The molecular formula is C12H10N2O. The molecule has 0 radical (unpaired) electrons. The van der Waals surface area contributed by atoms with Crippen LogP contribution in [0.3, 0.4) is 0 Å². The van der Waals surface area contributed by atoms with E-state index < -0.39 is 0 Å². The number of hydrogen-bond acceptors (Lipinski definition) is 3. The SMILES string of the molecule is Cc1cccnc1-c1cc(C=O)ccn1. The van der Waals surface area contributed by atoms with E-state index in [-0.39, 0.29) is 0 Å². The molecule has 74 valence electrons. The van der Waals surface area contributed by atoms with Crippen molar-refractivity contribution in [3.63, 3.8) is 0 Å². The molecule has 15 heavy (non-hydrogen) atoms. The molecular weight excluding hydrogens is 188 g/mol. The Labute approximate surface area is 87.8 Å². The van der Waals surface area contributed by atoms with Crippen LogP contribution in [0.1, 0.15) is 15.9 Å². The maximum atomic E-state index is 10.6. The molecule has 0 aliphatic rings. The van der Waals surface area contributed by atoms with Crippen LogP contribution in [-0.4, -0.2) is 16.3 Å². The standard InChI is InChI=1S/C12H10N2O/c1-9-3-2-5-14-12(9)11-7-10(8-15)4-6-13-11/h2-8H,1H3. The minimum atomic E-state index is 0.616. The molecule has 0 atom stereocenters. The monoisotopic (exact) mass is 198 g/mol. The predicted octanol–water partition coefficient (Wildman–Crippen LogP) is 2.26. The van der Waals surface area contributed by atoms with Gasteiger partial charge in [-0.2, -0.15) is 0 Å². The third-order valence-electron chi connectivity index (χ3n) is 2.17. The Morgan fingerprint density at radius 3 is 2.80 bits per heavy atom. The Morgan fingerprint density at radius 2 is 2.07 bits per heavy atom. The van der Waals surface area contributed by atoms with Crippen molar-refractivity contribution in [1.82, 2.24) is 9.97 Å². The minimum absolute atomic E-state index is 0.616. The molecule has 0 aromatic carbocycles. The summed E-state index contributed by atoms with van der Waals surface area (Å²) >= 11 is 0. The first-order valence-electron chi connectivity index (χ1n) is 4.64. The van der Waals surface area contributed by atoms with E-state index in [4.69, 9.17) is 0 Å². The Kier molecular flexibility index (Phi) is 2.54. The molecule has 2 heterocycles. The smallest absolute Gasteiger partial charge is 0.150 e.